The Hall–Kier alpha value is -5.73. The molecule has 2 aromatic heterocycles. The first-order chi connectivity index (χ1) is 21.4. The Morgan fingerprint density at radius 2 is 1.00 bits per heavy atom. The molecule has 0 bridgehead atoms. The molecule has 0 radical (unpaired) electrons. The summed E-state index contributed by atoms with van der Waals surface area (Å²) in [6.45, 7) is 12.3. The number of fused-ring (bicyclic) bond motifs is 6. The fraction of sp³-hybridized carbons (Fsp3) is 0.0513. The molecule has 0 aliphatic heterocycles. The Morgan fingerprint density at radius 1 is 0.523 bits per heavy atom. The summed E-state index contributed by atoms with van der Waals surface area (Å²) < 4.78 is 33.5. The Labute approximate surface area is 252 Å². The van der Waals surface area contributed by atoms with E-state index in [1.165, 1.54) is 12.1 Å². The summed E-state index contributed by atoms with van der Waals surface area (Å²) in [6.07, 6.45) is 0. The minimum atomic E-state index is -0.688. The van der Waals surface area contributed by atoms with Crippen molar-refractivity contribution in [1.29, 1.82) is 0 Å². The Bertz CT molecular complexity index is 2490. The van der Waals surface area contributed by atoms with Crippen LogP contribution in [0.15, 0.2) is 115 Å². The molecule has 210 valence electrons. The van der Waals surface area contributed by atoms with E-state index in [1.807, 2.05) is 36.4 Å². The van der Waals surface area contributed by atoms with E-state index in [2.05, 4.69) is 88.5 Å². The zero-order valence-corrected chi connectivity index (χ0v) is 24.1. The lowest BCUT2D eigenvalue weighted by Gasteiger charge is -2.20. The number of aromatic nitrogens is 2. The molecule has 0 saturated carbocycles. The average Bonchev–Trinajstić information content (AvgIpc) is 3.52. The van der Waals surface area contributed by atoms with Crippen molar-refractivity contribution in [2.24, 2.45) is 0 Å². The van der Waals surface area contributed by atoms with Crippen LogP contribution >= 0.6 is 0 Å². The number of nitrogens with zero attached hydrogens (tertiary/aromatic N) is 3. The fourth-order valence-electron chi connectivity index (χ4n) is 6.65. The van der Waals surface area contributed by atoms with E-state index in [0.29, 0.717) is 16.8 Å². The summed E-state index contributed by atoms with van der Waals surface area (Å²) in [5, 5.41) is 4.43. The first kappa shape index (κ1) is 25.9. The van der Waals surface area contributed by atoms with E-state index in [0.717, 1.165) is 72.2 Å². The highest BCUT2D eigenvalue weighted by atomic mass is 19.1. The molecule has 5 heteroatoms. The predicted octanol–water partition coefficient (Wildman–Crippen LogP) is 11.0. The van der Waals surface area contributed by atoms with E-state index in [9.17, 15) is 8.78 Å². The van der Waals surface area contributed by atoms with Crippen molar-refractivity contribution < 1.29 is 8.78 Å². The quantitative estimate of drug-likeness (QED) is 0.187. The maximum Gasteiger partial charge on any atom is 0.197 e. The van der Waals surface area contributed by atoms with Crippen molar-refractivity contribution >= 4 is 49.3 Å². The number of hydrogen-bond acceptors (Lipinski definition) is 0. The molecular formula is C39H25F2N3. The molecule has 3 nitrogen and oxygen atoms in total. The first-order valence-electron chi connectivity index (χ1n) is 14.4. The van der Waals surface area contributed by atoms with Gasteiger partial charge in [-0.15, -0.1) is 0 Å². The van der Waals surface area contributed by atoms with Crippen molar-refractivity contribution in [2.75, 3.05) is 0 Å². The van der Waals surface area contributed by atoms with Gasteiger partial charge in [-0.05, 0) is 85.6 Å². The molecule has 0 atom stereocenters. The van der Waals surface area contributed by atoms with Crippen molar-refractivity contribution in [3.05, 3.63) is 149 Å². The van der Waals surface area contributed by atoms with Gasteiger partial charge in [-0.3, -0.25) is 0 Å². The second-order valence-electron chi connectivity index (χ2n) is 11.4. The van der Waals surface area contributed by atoms with Crippen LogP contribution in [0.3, 0.4) is 0 Å². The highest BCUT2D eigenvalue weighted by Gasteiger charge is 2.22. The molecular weight excluding hydrogens is 548 g/mol. The van der Waals surface area contributed by atoms with Crippen LogP contribution in [0, 0.1) is 32.1 Å². The lowest BCUT2D eigenvalue weighted by molar-refractivity contribution is 0.584. The molecule has 0 aliphatic rings. The van der Waals surface area contributed by atoms with Crippen LogP contribution in [0.2, 0.25) is 0 Å². The highest BCUT2D eigenvalue weighted by Crippen LogP contribution is 2.43. The van der Waals surface area contributed by atoms with Gasteiger partial charge in [0.25, 0.3) is 0 Å². The molecule has 2 heterocycles. The summed E-state index contributed by atoms with van der Waals surface area (Å²) in [5.41, 5.74) is 9.01. The maximum absolute atomic E-state index is 14.5. The zero-order valence-electron chi connectivity index (χ0n) is 24.1. The van der Waals surface area contributed by atoms with E-state index in [-0.39, 0.29) is 0 Å². The van der Waals surface area contributed by atoms with Gasteiger partial charge in [0.15, 0.2) is 5.69 Å². The van der Waals surface area contributed by atoms with Crippen molar-refractivity contribution in [3.8, 4) is 22.5 Å². The summed E-state index contributed by atoms with van der Waals surface area (Å²) >= 11 is 0. The van der Waals surface area contributed by atoms with Gasteiger partial charge in [-0.2, -0.15) is 0 Å². The second-order valence-corrected chi connectivity index (χ2v) is 11.4. The number of aryl methyl sites for hydroxylation is 2. The van der Waals surface area contributed by atoms with E-state index in [4.69, 9.17) is 6.57 Å². The smallest absolute Gasteiger partial charge is 0.197 e. The first-order valence-corrected chi connectivity index (χ1v) is 14.4. The van der Waals surface area contributed by atoms with Gasteiger partial charge in [0.1, 0.15) is 11.6 Å². The van der Waals surface area contributed by atoms with Gasteiger partial charge in [0.05, 0.1) is 40.0 Å². The number of para-hydroxylation sites is 2. The molecule has 0 N–H and O–H groups in total. The van der Waals surface area contributed by atoms with Gasteiger partial charge < -0.3 is 9.13 Å². The van der Waals surface area contributed by atoms with Gasteiger partial charge in [0, 0.05) is 27.6 Å². The maximum atomic E-state index is 14.5. The van der Waals surface area contributed by atoms with E-state index >= 15 is 0 Å². The normalized spacial score (nSPS) is 11.6. The largest absolute Gasteiger partial charge is 0.308 e. The number of benzene rings is 6. The van der Waals surface area contributed by atoms with Crippen LogP contribution in [0.25, 0.3) is 71.0 Å². The Balaban J connectivity index is 1.59. The molecule has 0 amide bonds. The summed E-state index contributed by atoms with van der Waals surface area (Å²) in [5.74, 6) is -1.38. The third-order valence-electron chi connectivity index (χ3n) is 8.52. The number of hydrogen-bond donors (Lipinski definition) is 0. The molecule has 0 aliphatic carbocycles. The third kappa shape index (κ3) is 3.85. The molecule has 0 saturated heterocycles. The van der Waals surface area contributed by atoms with Crippen LogP contribution in [0.4, 0.5) is 14.5 Å². The van der Waals surface area contributed by atoms with E-state index in [1.54, 1.807) is 0 Å². The lowest BCUT2D eigenvalue weighted by Crippen LogP contribution is -2.04. The molecule has 6 aromatic carbocycles. The molecule has 44 heavy (non-hydrogen) atoms. The van der Waals surface area contributed by atoms with Crippen LogP contribution in [-0.4, -0.2) is 9.13 Å². The Morgan fingerprint density at radius 3 is 1.52 bits per heavy atom. The topological polar surface area (TPSA) is 14.2 Å². The summed E-state index contributed by atoms with van der Waals surface area (Å²) in [7, 11) is 0. The molecule has 0 fully saturated rings. The molecule has 8 aromatic rings. The van der Waals surface area contributed by atoms with E-state index < -0.39 is 11.6 Å². The third-order valence-corrected chi connectivity index (χ3v) is 8.52. The van der Waals surface area contributed by atoms with Crippen LogP contribution < -0.4 is 0 Å². The molecule has 0 unspecified atom stereocenters. The predicted molar refractivity (Wildman–Crippen MR) is 176 cm³/mol. The van der Waals surface area contributed by atoms with Gasteiger partial charge in [-0.1, -0.05) is 59.7 Å². The average molecular weight is 574 g/mol. The summed E-state index contributed by atoms with van der Waals surface area (Å²) in [6, 6.07) is 36.6. The zero-order chi connectivity index (χ0) is 30.1. The van der Waals surface area contributed by atoms with Gasteiger partial charge in [0.2, 0.25) is 0 Å². The van der Waals surface area contributed by atoms with Crippen molar-refractivity contribution in [3.63, 3.8) is 0 Å². The fourth-order valence-corrected chi connectivity index (χ4v) is 6.65. The number of rotatable bonds is 3. The van der Waals surface area contributed by atoms with Crippen molar-refractivity contribution in [2.45, 2.75) is 13.8 Å². The standard InChI is InChI=1S/C39H25F2N3/c1-23-12-14-36-31(16-23)28-8-4-6-10-34(28)43(36)38-21-30(25-18-26(40)20-27(41)19-25)33(42-3)22-39(38)44-35-11-7-5-9-29(35)32-17-24(2)13-15-37(32)44/h4-22H,1-2H3. The van der Waals surface area contributed by atoms with Gasteiger partial charge >= 0.3 is 0 Å². The SMILES string of the molecule is [C-]#[N+]c1cc(-n2c3ccccc3c3cc(C)ccc32)c(-n2c3ccccc3c3cc(C)ccc32)cc1-c1cc(F)cc(F)c1. The molecule has 8 rings (SSSR count). The monoisotopic (exact) mass is 573 g/mol. The second kappa shape index (κ2) is 9.65. The lowest BCUT2D eigenvalue weighted by atomic mass is 10.0. The van der Waals surface area contributed by atoms with Crippen LogP contribution in [0.5, 0.6) is 0 Å². The van der Waals surface area contributed by atoms with Crippen LogP contribution in [0.1, 0.15) is 11.1 Å². The van der Waals surface area contributed by atoms with Crippen LogP contribution in [-0.2, 0) is 0 Å². The Kier molecular flexibility index (Phi) is 5.69. The van der Waals surface area contributed by atoms with Gasteiger partial charge in [-0.25, -0.2) is 13.6 Å². The molecule has 0 spiro atoms. The highest BCUT2D eigenvalue weighted by molar-refractivity contribution is 6.12. The minimum Gasteiger partial charge on any atom is -0.308 e. The summed E-state index contributed by atoms with van der Waals surface area (Å²) in [4.78, 5) is 3.89. The van der Waals surface area contributed by atoms with Crippen molar-refractivity contribution in [1.82, 2.24) is 9.13 Å². The number of halogens is 2. The minimum absolute atomic E-state index is 0.309.